The predicted octanol–water partition coefficient (Wildman–Crippen LogP) is 4.19. The Morgan fingerprint density at radius 3 is 2.65 bits per heavy atom. The summed E-state index contributed by atoms with van der Waals surface area (Å²) >= 11 is 7.35. The van der Waals surface area contributed by atoms with Gasteiger partial charge in [-0.2, -0.15) is 5.10 Å². The highest BCUT2D eigenvalue weighted by molar-refractivity contribution is 7.19. The van der Waals surface area contributed by atoms with E-state index in [0.717, 1.165) is 4.88 Å². The van der Waals surface area contributed by atoms with Crippen LogP contribution in [-0.4, -0.2) is 9.78 Å². The maximum Gasteiger partial charge on any atom is 0.131 e. The molecule has 20 heavy (non-hydrogen) atoms. The van der Waals surface area contributed by atoms with Crippen LogP contribution in [-0.2, 0) is 7.05 Å². The van der Waals surface area contributed by atoms with Crippen LogP contribution in [0.1, 0.15) is 0 Å². The number of aryl methyl sites for hydroxylation is 1. The molecule has 2 aromatic heterocycles. The van der Waals surface area contributed by atoms with Crippen LogP contribution in [0.25, 0.3) is 21.7 Å². The van der Waals surface area contributed by atoms with E-state index in [1.807, 2.05) is 6.07 Å². The van der Waals surface area contributed by atoms with E-state index in [9.17, 15) is 4.39 Å². The van der Waals surface area contributed by atoms with Crippen molar-refractivity contribution in [3.63, 3.8) is 0 Å². The van der Waals surface area contributed by atoms with Crippen LogP contribution in [0.15, 0.2) is 36.4 Å². The summed E-state index contributed by atoms with van der Waals surface area (Å²) in [6.45, 7) is 0. The van der Waals surface area contributed by atoms with Crippen molar-refractivity contribution < 1.29 is 4.39 Å². The molecule has 0 amide bonds. The third-order valence-corrected chi connectivity index (χ3v) is 4.28. The molecule has 0 spiro atoms. The van der Waals surface area contributed by atoms with Crippen molar-refractivity contribution >= 4 is 28.8 Å². The van der Waals surface area contributed by atoms with Crippen LogP contribution in [0, 0.1) is 5.82 Å². The number of nitrogens with two attached hydrogens (primary N) is 1. The van der Waals surface area contributed by atoms with Gasteiger partial charge in [0.2, 0.25) is 0 Å². The molecule has 3 nitrogen and oxygen atoms in total. The summed E-state index contributed by atoms with van der Waals surface area (Å²) in [5.41, 5.74) is 7.74. The monoisotopic (exact) mass is 307 g/mol. The van der Waals surface area contributed by atoms with Gasteiger partial charge in [-0.1, -0.05) is 29.8 Å². The molecule has 0 atom stereocenters. The van der Waals surface area contributed by atoms with Gasteiger partial charge in [0, 0.05) is 12.6 Å². The molecule has 0 radical (unpaired) electrons. The van der Waals surface area contributed by atoms with Gasteiger partial charge in [0.05, 0.1) is 14.8 Å². The molecule has 0 unspecified atom stereocenters. The second kappa shape index (κ2) is 4.92. The summed E-state index contributed by atoms with van der Waals surface area (Å²) in [5, 5.41) is 4.39. The van der Waals surface area contributed by atoms with E-state index in [-0.39, 0.29) is 5.82 Å². The topological polar surface area (TPSA) is 43.8 Å². The first-order valence-electron chi connectivity index (χ1n) is 5.91. The number of halogens is 2. The minimum atomic E-state index is -0.323. The predicted molar refractivity (Wildman–Crippen MR) is 81.3 cm³/mol. The Labute approximate surface area is 124 Å². The van der Waals surface area contributed by atoms with Crippen molar-refractivity contribution in [3.05, 3.63) is 46.6 Å². The zero-order chi connectivity index (χ0) is 14.3. The quantitative estimate of drug-likeness (QED) is 0.771. The van der Waals surface area contributed by atoms with E-state index in [2.05, 4.69) is 5.10 Å². The SMILES string of the molecule is Cn1nc(-c2ccc(Cl)s2)c(-c2ccccc2F)c1N. The standard InChI is InChI=1S/C14H11ClFN3S/c1-19-14(17)12(8-4-2-3-5-9(8)16)13(18-19)10-6-7-11(15)20-10/h2-7H,17H2,1H3. The number of benzene rings is 1. The van der Waals surface area contributed by atoms with Crippen LogP contribution in [0.4, 0.5) is 10.2 Å². The van der Waals surface area contributed by atoms with E-state index in [1.165, 1.54) is 17.4 Å². The molecule has 102 valence electrons. The first-order chi connectivity index (χ1) is 9.58. The summed E-state index contributed by atoms with van der Waals surface area (Å²) in [5.74, 6) is 0.103. The average molecular weight is 308 g/mol. The number of aromatic nitrogens is 2. The molecule has 0 aliphatic carbocycles. The third-order valence-electron chi connectivity index (χ3n) is 3.04. The molecule has 3 rings (SSSR count). The molecule has 1 aromatic carbocycles. The number of thiophene rings is 1. The molecule has 3 aromatic rings. The lowest BCUT2D eigenvalue weighted by Crippen LogP contribution is -1.98. The number of nitrogens with zero attached hydrogens (tertiary/aromatic N) is 2. The van der Waals surface area contributed by atoms with Crippen molar-refractivity contribution in [2.45, 2.75) is 0 Å². The second-order valence-electron chi connectivity index (χ2n) is 4.32. The molecule has 2 heterocycles. The smallest absolute Gasteiger partial charge is 0.131 e. The molecule has 0 aliphatic rings. The van der Waals surface area contributed by atoms with E-state index < -0.39 is 0 Å². The molecule has 0 saturated carbocycles. The van der Waals surface area contributed by atoms with Gasteiger partial charge in [-0.15, -0.1) is 11.3 Å². The Hall–Kier alpha value is -1.85. The lowest BCUT2D eigenvalue weighted by Gasteiger charge is -2.04. The van der Waals surface area contributed by atoms with Crippen molar-refractivity contribution in [2.75, 3.05) is 5.73 Å². The van der Waals surface area contributed by atoms with E-state index in [0.29, 0.717) is 27.0 Å². The minimum absolute atomic E-state index is 0.323. The average Bonchev–Trinajstić information content (AvgIpc) is 2.96. The van der Waals surface area contributed by atoms with Crippen molar-refractivity contribution in [3.8, 4) is 21.7 Å². The summed E-state index contributed by atoms with van der Waals surface area (Å²) < 4.78 is 16.3. The van der Waals surface area contributed by atoms with Crippen LogP contribution in [0.3, 0.4) is 0 Å². The molecule has 0 saturated heterocycles. The summed E-state index contributed by atoms with van der Waals surface area (Å²) in [4.78, 5) is 0.862. The maximum atomic E-state index is 14.1. The van der Waals surface area contributed by atoms with Crippen LogP contribution in [0.5, 0.6) is 0 Å². The fourth-order valence-electron chi connectivity index (χ4n) is 2.08. The maximum absolute atomic E-state index is 14.1. The minimum Gasteiger partial charge on any atom is -0.383 e. The van der Waals surface area contributed by atoms with Crippen LogP contribution < -0.4 is 5.73 Å². The Morgan fingerprint density at radius 2 is 2.00 bits per heavy atom. The highest BCUT2D eigenvalue weighted by Crippen LogP contribution is 2.40. The van der Waals surface area contributed by atoms with Gasteiger partial charge in [0.15, 0.2) is 0 Å². The number of anilines is 1. The van der Waals surface area contributed by atoms with Gasteiger partial charge in [-0.25, -0.2) is 4.39 Å². The zero-order valence-electron chi connectivity index (χ0n) is 10.6. The number of hydrogen-bond acceptors (Lipinski definition) is 3. The van der Waals surface area contributed by atoms with Crippen LogP contribution >= 0.6 is 22.9 Å². The number of rotatable bonds is 2. The molecule has 2 N–H and O–H groups in total. The first-order valence-corrected chi connectivity index (χ1v) is 7.10. The Balaban J connectivity index is 2.28. The fourth-order valence-corrected chi connectivity index (χ4v) is 3.11. The summed E-state index contributed by atoms with van der Waals surface area (Å²) in [6, 6.07) is 10.2. The van der Waals surface area contributed by atoms with E-state index >= 15 is 0 Å². The van der Waals surface area contributed by atoms with Crippen LogP contribution in [0.2, 0.25) is 4.34 Å². The number of nitrogen functional groups attached to an aromatic ring is 1. The fraction of sp³-hybridized carbons (Fsp3) is 0.0714. The zero-order valence-corrected chi connectivity index (χ0v) is 12.2. The Bertz CT molecular complexity index is 779. The van der Waals surface area contributed by atoms with Gasteiger partial charge in [0.1, 0.15) is 17.3 Å². The largest absolute Gasteiger partial charge is 0.383 e. The highest BCUT2D eigenvalue weighted by atomic mass is 35.5. The third kappa shape index (κ3) is 2.09. The summed E-state index contributed by atoms with van der Waals surface area (Å²) in [6.07, 6.45) is 0. The molecule has 6 heteroatoms. The lowest BCUT2D eigenvalue weighted by atomic mass is 10.0. The van der Waals surface area contributed by atoms with E-state index in [1.54, 1.807) is 36.0 Å². The highest BCUT2D eigenvalue weighted by Gasteiger charge is 2.20. The van der Waals surface area contributed by atoms with Gasteiger partial charge >= 0.3 is 0 Å². The van der Waals surface area contributed by atoms with Gasteiger partial charge in [0.25, 0.3) is 0 Å². The molecular weight excluding hydrogens is 297 g/mol. The Morgan fingerprint density at radius 1 is 1.25 bits per heavy atom. The number of hydrogen-bond donors (Lipinski definition) is 1. The van der Waals surface area contributed by atoms with Crippen molar-refractivity contribution in [2.24, 2.45) is 7.05 Å². The van der Waals surface area contributed by atoms with Gasteiger partial charge in [-0.3, -0.25) is 4.68 Å². The van der Waals surface area contributed by atoms with Gasteiger partial charge < -0.3 is 5.73 Å². The molecule has 0 aliphatic heterocycles. The normalized spacial score (nSPS) is 10.9. The summed E-state index contributed by atoms with van der Waals surface area (Å²) in [7, 11) is 1.73. The van der Waals surface area contributed by atoms with Gasteiger partial charge in [-0.05, 0) is 18.2 Å². The van der Waals surface area contributed by atoms with E-state index in [4.69, 9.17) is 17.3 Å². The molecule has 0 fully saturated rings. The van der Waals surface area contributed by atoms with Crippen molar-refractivity contribution in [1.29, 1.82) is 0 Å². The second-order valence-corrected chi connectivity index (χ2v) is 6.03. The first kappa shape index (κ1) is 13.1. The molecule has 0 bridgehead atoms. The molecular formula is C14H11ClFN3S. The lowest BCUT2D eigenvalue weighted by molar-refractivity contribution is 0.631. The Kier molecular flexibility index (Phi) is 3.23. The van der Waals surface area contributed by atoms with Crippen molar-refractivity contribution in [1.82, 2.24) is 9.78 Å².